The van der Waals surface area contributed by atoms with Crippen molar-refractivity contribution in [1.29, 1.82) is 0 Å². The summed E-state index contributed by atoms with van der Waals surface area (Å²) in [5.74, 6) is 0.0368. The first-order valence-electron chi connectivity index (χ1n) is 21.5. The monoisotopic (exact) mass is 935 g/mol. The molecule has 0 spiro atoms. The highest BCUT2D eigenvalue weighted by molar-refractivity contribution is 7.99. The van der Waals surface area contributed by atoms with E-state index in [0.717, 1.165) is 54.9 Å². The van der Waals surface area contributed by atoms with E-state index in [-0.39, 0.29) is 40.0 Å². The van der Waals surface area contributed by atoms with Crippen molar-refractivity contribution in [3.05, 3.63) is 142 Å². The molecule has 0 aliphatic carbocycles. The van der Waals surface area contributed by atoms with E-state index >= 15 is 0 Å². The number of rotatable bonds is 17. The Hall–Kier alpha value is -5.82. The lowest BCUT2D eigenvalue weighted by Gasteiger charge is -2.36. The number of carbonyl (C=O) groups excluding carboxylic acids is 1. The number of nitrogens with zero attached hydrogens (tertiary/aromatic N) is 6. The van der Waals surface area contributed by atoms with Crippen LogP contribution in [0.4, 0.5) is 22.9 Å². The molecule has 1 unspecified atom stereocenters. The normalized spacial score (nSPS) is 15.7. The van der Waals surface area contributed by atoms with Gasteiger partial charge in [0, 0.05) is 84.0 Å². The largest absolute Gasteiger partial charge is 0.376 e. The number of piperidine rings is 1. The summed E-state index contributed by atoms with van der Waals surface area (Å²) in [5, 5.41) is 26.1. The number of benzene rings is 5. The minimum absolute atomic E-state index is 0.0644. The number of halogens is 1. The number of nitrogens with one attached hydrogen (secondary N) is 3. The lowest BCUT2D eigenvalue weighted by atomic mass is 9.96. The minimum Gasteiger partial charge on any atom is -0.376 e. The summed E-state index contributed by atoms with van der Waals surface area (Å²) in [4.78, 5) is 40.3. The summed E-state index contributed by atoms with van der Waals surface area (Å²) in [6, 6.07) is 35.5. The number of hydroxylamine groups is 1. The molecule has 3 heterocycles. The van der Waals surface area contributed by atoms with Gasteiger partial charge in [-0.3, -0.25) is 29.7 Å². The van der Waals surface area contributed by atoms with Crippen molar-refractivity contribution in [2.24, 2.45) is 5.92 Å². The van der Waals surface area contributed by atoms with Gasteiger partial charge in [0.25, 0.3) is 15.7 Å². The van der Waals surface area contributed by atoms with Gasteiger partial charge in [-0.05, 0) is 104 Å². The molecule has 0 bridgehead atoms. The zero-order valence-electron chi connectivity index (χ0n) is 35.6. The number of thioether (sulfide) groups is 1. The van der Waals surface area contributed by atoms with E-state index in [1.807, 2.05) is 66.7 Å². The maximum absolute atomic E-state index is 13.9. The van der Waals surface area contributed by atoms with Crippen LogP contribution in [0.5, 0.6) is 0 Å². The van der Waals surface area contributed by atoms with E-state index in [1.54, 1.807) is 23.3 Å². The number of carbonyl (C=O) groups is 1. The van der Waals surface area contributed by atoms with Gasteiger partial charge in [0.1, 0.15) is 12.0 Å². The fraction of sp³-hybridized carbons (Fsp3) is 0.298. The van der Waals surface area contributed by atoms with Crippen LogP contribution in [0, 0.1) is 16.0 Å². The van der Waals surface area contributed by atoms with E-state index in [1.165, 1.54) is 29.6 Å². The van der Waals surface area contributed by atoms with E-state index in [2.05, 4.69) is 59.0 Å². The van der Waals surface area contributed by atoms with Crippen molar-refractivity contribution in [3.63, 3.8) is 0 Å². The molecular weight excluding hydrogens is 886 g/mol. The molecule has 2 fully saturated rings. The van der Waals surface area contributed by atoms with Gasteiger partial charge in [-0.2, -0.15) is 0 Å². The Morgan fingerprint density at radius 1 is 0.877 bits per heavy atom. The third-order valence-corrected chi connectivity index (χ3v) is 14.8. The Kier molecular flexibility index (Phi) is 14.8. The number of fused-ring (bicyclic) bond motifs is 1. The van der Waals surface area contributed by atoms with Gasteiger partial charge in [0.2, 0.25) is 5.91 Å². The van der Waals surface area contributed by atoms with Gasteiger partial charge >= 0.3 is 0 Å². The van der Waals surface area contributed by atoms with Crippen LogP contribution in [0.2, 0.25) is 5.02 Å². The Bertz CT molecular complexity index is 2720. The summed E-state index contributed by atoms with van der Waals surface area (Å²) in [6.07, 6.45) is 3.17. The maximum atomic E-state index is 13.9. The second-order valence-corrected chi connectivity index (χ2v) is 19.5. The first kappa shape index (κ1) is 45.7. The second-order valence-electron chi connectivity index (χ2n) is 16.2. The number of amides is 1. The third kappa shape index (κ3) is 11.5. The summed E-state index contributed by atoms with van der Waals surface area (Å²) < 4.78 is 30.3. The highest BCUT2D eigenvalue weighted by atomic mass is 35.5. The van der Waals surface area contributed by atoms with Crippen LogP contribution in [-0.2, 0) is 21.4 Å². The van der Waals surface area contributed by atoms with Gasteiger partial charge in [0.05, 0.1) is 15.3 Å². The van der Waals surface area contributed by atoms with Crippen molar-refractivity contribution < 1.29 is 23.3 Å². The maximum Gasteiger partial charge on any atom is 0.293 e. The van der Waals surface area contributed by atoms with Crippen LogP contribution in [0.15, 0.2) is 131 Å². The number of nitro groups is 1. The predicted octanol–water partition coefficient (Wildman–Crippen LogP) is 8.16. The van der Waals surface area contributed by atoms with Crippen LogP contribution < -0.4 is 20.4 Å². The molecule has 6 aromatic rings. The molecule has 0 radical (unpaired) electrons. The van der Waals surface area contributed by atoms with Crippen LogP contribution >= 0.6 is 23.4 Å². The van der Waals surface area contributed by atoms with Crippen molar-refractivity contribution in [1.82, 2.24) is 25.2 Å². The zero-order valence-corrected chi connectivity index (χ0v) is 37.9. The molecule has 1 aromatic heterocycles. The molecule has 2 aliphatic heterocycles. The van der Waals surface area contributed by atoms with Gasteiger partial charge < -0.3 is 15.1 Å². The zero-order chi connectivity index (χ0) is 45.3. The number of anilines is 3. The molecule has 0 saturated carbocycles. The number of sulfonamides is 1. The Balaban J connectivity index is 0.925. The number of aromatic nitrogens is 2. The lowest BCUT2D eigenvalue weighted by molar-refractivity contribution is -0.384. The molecular formula is C47H50ClN9O6S2. The number of nitro benzene ring substituents is 1. The van der Waals surface area contributed by atoms with Gasteiger partial charge in [-0.1, -0.05) is 66.2 Å². The van der Waals surface area contributed by atoms with Crippen molar-refractivity contribution >= 4 is 73.1 Å². The van der Waals surface area contributed by atoms with E-state index in [0.29, 0.717) is 60.6 Å². The SMILES string of the molecule is O=C(NO)C1CCN(CCC(CSc2ccccc2)Nc2ccc(S(=O)(=O)Nc3ncnc4cc(N5CCN(Cc6ccccc6-c6ccc(Cl)cc6)CC5)ccc34)cc2[N+](=O)[O-])CC1. The summed E-state index contributed by atoms with van der Waals surface area (Å²) in [7, 11) is -4.32. The standard InChI is InChI=1S/C47H50ClN9O6S2/c48-36-12-10-33(11-13-36)41-9-5-4-6-35(41)30-55-24-26-56(27-25-55)38-14-16-42-44(28-38)49-32-50-46(42)53-65(62,63)40-15-17-43(45(29-40)57(60)61)51-37(31-64-39-7-2-1-3-8-39)20-23-54-21-18-34(19-22-54)47(58)52-59/h1-17,28-29,32,34,37,51,59H,18-27,30-31H2,(H,52,58)(H,49,50,53). The molecule has 2 saturated heterocycles. The third-order valence-electron chi connectivity index (χ3n) is 12.0. The Labute approximate surface area is 387 Å². The molecule has 2 aliphatic rings. The highest BCUT2D eigenvalue weighted by Crippen LogP contribution is 2.33. The molecule has 338 valence electrons. The van der Waals surface area contributed by atoms with E-state index in [9.17, 15) is 23.3 Å². The van der Waals surface area contributed by atoms with Gasteiger partial charge in [0.15, 0.2) is 5.82 Å². The van der Waals surface area contributed by atoms with Crippen LogP contribution in [0.1, 0.15) is 24.8 Å². The predicted molar refractivity (Wildman–Crippen MR) is 256 cm³/mol. The molecule has 4 N–H and O–H groups in total. The summed E-state index contributed by atoms with van der Waals surface area (Å²) in [5.41, 5.74) is 6.66. The average Bonchev–Trinajstić information content (AvgIpc) is 3.33. The highest BCUT2D eigenvalue weighted by Gasteiger charge is 2.28. The first-order chi connectivity index (χ1) is 31.5. The molecule has 8 rings (SSSR count). The van der Waals surface area contributed by atoms with Crippen molar-refractivity contribution in [2.75, 3.05) is 66.5 Å². The smallest absolute Gasteiger partial charge is 0.293 e. The van der Waals surface area contributed by atoms with Gasteiger partial charge in [-0.25, -0.2) is 23.9 Å². The van der Waals surface area contributed by atoms with E-state index < -0.39 is 14.9 Å². The van der Waals surface area contributed by atoms with Gasteiger partial charge in [-0.15, -0.1) is 11.8 Å². The molecule has 65 heavy (non-hydrogen) atoms. The Morgan fingerprint density at radius 2 is 1.62 bits per heavy atom. The quantitative estimate of drug-likeness (QED) is 0.0297. The first-order valence-corrected chi connectivity index (χ1v) is 24.4. The minimum atomic E-state index is -4.32. The average molecular weight is 937 g/mol. The fourth-order valence-corrected chi connectivity index (χ4v) is 10.6. The summed E-state index contributed by atoms with van der Waals surface area (Å²) in [6.45, 7) is 6.14. The summed E-state index contributed by atoms with van der Waals surface area (Å²) >= 11 is 7.77. The fourth-order valence-electron chi connectivity index (χ4n) is 8.41. The number of likely N-dealkylation sites (tertiary alicyclic amines) is 1. The van der Waals surface area contributed by atoms with Crippen molar-refractivity contribution in [2.45, 2.75) is 41.6 Å². The molecule has 1 amide bonds. The second kappa shape index (κ2) is 21.0. The van der Waals surface area contributed by atoms with E-state index in [4.69, 9.17) is 16.8 Å². The molecule has 15 nitrogen and oxygen atoms in total. The van der Waals surface area contributed by atoms with Crippen LogP contribution in [0.25, 0.3) is 22.0 Å². The topological polar surface area (TPSA) is 186 Å². The Morgan fingerprint density at radius 3 is 2.35 bits per heavy atom. The van der Waals surface area contributed by atoms with Crippen LogP contribution in [0.3, 0.4) is 0 Å². The number of hydrogen-bond acceptors (Lipinski definition) is 13. The molecule has 5 aromatic carbocycles. The number of hydrogen-bond donors (Lipinski definition) is 4. The van der Waals surface area contributed by atoms with Crippen LogP contribution in [-0.4, -0.2) is 102 Å². The molecule has 18 heteroatoms. The number of piperazine rings is 1. The molecule has 1 atom stereocenters. The van der Waals surface area contributed by atoms with Crippen molar-refractivity contribution in [3.8, 4) is 11.1 Å². The lowest BCUT2D eigenvalue weighted by Crippen LogP contribution is -2.46.